The van der Waals surface area contributed by atoms with Gasteiger partial charge in [-0.15, -0.1) is 0 Å². The Hall–Kier alpha value is -1.61. The molecule has 2 aromatic rings. The quantitative estimate of drug-likeness (QED) is 0.807. The minimum atomic E-state index is 0.613. The number of nitrogens with two attached hydrogens (primary N) is 1. The Morgan fingerprint density at radius 1 is 1.00 bits per heavy atom. The first kappa shape index (κ1) is 12.4. The van der Waals surface area contributed by atoms with Crippen LogP contribution in [-0.2, 0) is 12.8 Å². The average molecular weight is 274 g/mol. The molecule has 0 spiro atoms. The molecule has 0 saturated carbocycles. The molecule has 0 aliphatic heterocycles. The number of anilines is 1. The van der Waals surface area contributed by atoms with Gasteiger partial charge in [-0.05, 0) is 37.8 Å². The fraction of sp³-hybridized carbons (Fsp3) is 0.333. The summed E-state index contributed by atoms with van der Waals surface area (Å²) >= 11 is 6.21. The summed E-state index contributed by atoms with van der Waals surface area (Å²) in [5, 5.41) is 0.662. The molecule has 1 aromatic carbocycles. The van der Waals surface area contributed by atoms with Crippen molar-refractivity contribution in [3.05, 3.63) is 40.5 Å². The van der Waals surface area contributed by atoms with Crippen LogP contribution in [0.15, 0.2) is 24.3 Å². The van der Waals surface area contributed by atoms with Crippen molar-refractivity contribution in [2.45, 2.75) is 32.1 Å². The van der Waals surface area contributed by atoms with E-state index in [0.717, 1.165) is 29.7 Å². The summed E-state index contributed by atoms with van der Waals surface area (Å²) < 4.78 is 0. The summed E-state index contributed by atoms with van der Waals surface area (Å²) in [6.07, 6.45) is 5.55. The highest BCUT2D eigenvalue weighted by Crippen LogP contribution is 2.29. The maximum absolute atomic E-state index is 6.21. The summed E-state index contributed by atoms with van der Waals surface area (Å²) in [7, 11) is 0. The topological polar surface area (TPSA) is 51.8 Å². The maximum Gasteiger partial charge on any atom is 0.163 e. The number of aryl methyl sites for hydroxylation is 1. The van der Waals surface area contributed by atoms with Crippen molar-refractivity contribution in [2.75, 3.05) is 5.73 Å². The molecule has 1 aromatic heterocycles. The molecule has 0 bridgehead atoms. The molecule has 0 fully saturated rings. The zero-order valence-corrected chi connectivity index (χ0v) is 11.5. The molecule has 19 heavy (non-hydrogen) atoms. The number of hydrogen-bond acceptors (Lipinski definition) is 3. The van der Waals surface area contributed by atoms with Gasteiger partial charge in [0.05, 0.1) is 5.02 Å². The van der Waals surface area contributed by atoms with E-state index in [1.54, 1.807) is 0 Å². The van der Waals surface area contributed by atoms with Crippen molar-refractivity contribution in [3.8, 4) is 11.4 Å². The molecule has 0 saturated heterocycles. The van der Waals surface area contributed by atoms with Gasteiger partial charge in [0.25, 0.3) is 0 Å². The summed E-state index contributed by atoms with van der Waals surface area (Å²) in [5.41, 5.74) is 9.18. The molecule has 0 amide bonds. The summed E-state index contributed by atoms with van der Waals surface area (Å²) in [6.45, 7) is 0. The van der Waals surface area contributed by atoms with E-state index in [0.29, 0.717) is 16.7 Å². The van der Waals surface area contributed by atoms with Crippen LogP contribution in [0.25, 0.3) is 11.4 Å². The number of rotatable bonds is 1. The monoisotopic (exact) mass is 273 g/mol. The lowest BCUT2D eigenvalue weighted by Gasteiger charge is -2.11. The Morgan fingerprint density at radius 3 is 2.63 bits per heavy atom. The van der Waals surface area contributed by atoms with Crippen LogP contribution in [-0.4, -0.2) is 9.97 Å². The number of hydrogen-bond donors (Lipinski definition) is 1. The summed E-state index contributed by atoms with van der Waals surface area (Å²) in [4.78, 5) is 9.13. The zero-order chi connectivity index (χ0) is 13.2. The van der Waals surface area contributed by atoms with Crippen LogP contribution in [0.4, 0.5) is 5.82 Å². The van der Waals surface area contributed by atoms with Gasteiger partial charge < -0.3 is 5.73 Å². The molecule has 0 unspecified atom stereocenters. The molecule has 0 radical (unpaired) electrons. The normalized spacial score (nSPS) is 14.8. The van der Waals surface area contributed by atoms with Crippen molar-refractivity contribution in [1.29, 1.82) is 0 Å². The first-order valence-corrected chi connectivity index (χ1v) is 7.03. The minimum absolute atomic E-state index is 0.613. The number of halogens is 1. The molecule has 1 aliphatic rings. The number of benzene rings is 1. The number of nitrogens with zero attached hydrogens (tertiary/aromatic N) is 2. The highest BCUT2D eigenvalue weighted by Gasteiger charge is 2.16. The zero-order valence-electron chi connectivity index (χ0n) is 10.7. The van der Waals surface area contributed by atoms with E-state index >= 15 is 0 Å². The standard InChI is InChI=1S/C15H16ClN3/c16-12-8-5-4-6-10(12)15-18-13-9-3-1-2-7-11(13)14(17)19-15/h4-6,8H,1-3,7,9H2,(H2,17,18,19). The van der Waals surface area contributed by atoms with Crippen LogP contribution in [0.3, 0.4) is 0 Å². The van der Waals surface area contributed by atoms with E-state index in [1.807, 2.05) is 24.3 Å². The smallest absolute Gasteiger partial charge is 0.163 e. The van der Waals surface area contributed by atoms with Gasteiger partial charge in [-0.3, -0.25) is 0 Å². The van der Waals surface area contributed by atoms with Gasteiger partial charge in [-0.2, -0.15) is 0 Å². The van der Waals surface area contributed by atoms with Crippen LogP contribution < -0.4 is 5.73 Å². The molecule has 0 atom stereocenters. The second-order valence-corrected chi connectivity index (χ2v) is 5.31. The maximum atomic E-state index is 6.21. The Kier molecular flexibility index (Phi) is 3.38. The lowest BCUT2D eigenvalue weighted by molar-refractivity contribution is 0.709. The van der Waals surface area contributed by atoms with E-state index in [2.05, 4.69) is 9.97 Å². The third kappa shape index (κ3) is 2.43. The molecule has 2 N–H and O–H groups in total. The third-order valence-corrected chi connectivity index (χ3v) is 3.91. The lowest BCUT2D eigenvalue weighted by Crippen LogP contribution is -2.06. The lowest BCUT2D eigenvalue weighted by atomic mass is 10.1. The second kappa shape index (κ2) is 5.17. The molecular formula is C15H16ClN3. The first-order valence-electron chi connectivity index (χ1n) is 6.66. The molecule has 98 valence electrons. The van der Waals surface area contributed by atoms with Gasteiger partial charge in [-0.1, -0.05) is 30.2 Å². The fourth-order valence-corrected chi connectivity index (χ4v) is 2.78. The van der Waals surface area contributed by atoms with Crippen molar-refractivity contribution >= 4 is 17.4 Å². The Balaban J connectivity index is 2.12. The van der Waals surface area contributed by atoms with Crippen molar-refractivity contribution < 1.29 is 0 Å². The number of nitrogen functional groups attached to an aromatic ring is 1. The van der Waals surface area contributed by atoms with Crippen LogP contribution in [0.5, 0.6) is 0 Å². The van der Waals surface area contributed by atoms with Crippen molar-refractivity contribution in [1.82, 2.24) is 9.97 Å². The van der Waals surface area contributed by atoms with Gasteiger partial charge in [0.15, 0.2) is 5.82 Å². The van der Waals surface area contributed by atoms with Gasteiger partial charge in [0.1, 0.15) is 5.82 Å². The Labute approximate surface area is 117 Å². The predicted molar refractivity (Wildman–Crippen MR) is 78.1 cm³/mol. The van der Waals surface area contributed by atoms with Crippen LogP contribution in [0.1, 0.15) is 30.5 Å². The predicted octanol–water partition coefficient (Wildman–Crippen LogP) is 3.65. The molecule has 4 heteroatoms. The Morgan fingerprint density at radius 2 is 1.79 bits per heavy atom. The van der Waals surface area contributed by atoms with Crippen molar-refractivity contribution in [3.63, 3.8) is 0 Å². The van der Waals surface area contributed by atoms with Crippen LogP contribution in [0.2, 0.25) is 5.02 Å². The van der Waals surface area contributed by atoms with Crippen LogP contribution in [0, 0.1) is 0 Å². The van der Waals surface area contributed by atoms with Gasteiger partial charge in [-0.25, -0.2) is 9.97 Å². The number of aromatic nitrogens is 2. The van der Waals surface area contributed by atoms with Gasteiger partial charge >= 0.3 is 0 Å². The van der Waals surface area contributed by atoms with Crippen molar-refractivity contribution in [2.24, 2.45) is 0 Å². The largest absolute Gasteiger partial charge is 0.383 e. The summed E-state index contributed by atoms with van der Waals surface area (Å²) in [5.74, 6) is 1.26. The Bertz CT molecular complexity index is 610. The van der Waals surface area contributed by atoms with E-state index in [1.165, 1.54) is 19.3 Å². The van der Waals surface area contributed by atoms with Gasteiger partial charge in [0, 0.05) is 16.8 Å². The molecule has 3 nitrogen and oxygen atoms in total. The first-order chi connectivity index (χ1) is 9.25. The van der Waals surface area contributed by atoms with E-state index < -0.39 is 0 Å². The highest BCUT2D eigenvalue weighted by atomic mass is 35.5. The van der Waals surface area contributed by atoms with E-state index in [9.17, 15) is 0 Å². The molecule has 1 heterocycles. The van der Waals surface area contributed by atoms with E-state index in [4.69, 9.17) is 17.3 Å². The SMILES string of the molecule is Nc1nc(-c2ccccc2Cl)nc2c1CCCCC2. The molecule has 1 aliphatic carbocycles. The third-order valence-electron chi connectivity index (χ3n) is 3.58. The highest BCUT2D eigenvalue weighted by molar-refractivity contribution is 6.33. The van der Waals surface area contributed by atoms with Gasteiger partial charge in [0.2, 0.25) is 0 Å². The molecular weight excluding hydrogens is 258 g/mol. The number of fused-ring (bicyclic) bond motifs is 1. The fourth-order valence-electron chi connectivity index (χ4n) is 2.56. The molecule has 3 rings (SSSR count). The van der Waals surface area contributed by atoms with E-state index in [-0.39, 0.29) is 0 Å². The average Bonchev–Trinajstić information content (AvgIpc) is 2.65. The second-order valence-electron chi connectivity index (χ2n) is 4.90. The summed E-state index contributed by atoms with van der Waals surface area (Å²) in [6, 6.07) is 7.62. The minimum Gasteiger partial charge on any atom is -0.383 e. The van der Waals surface area contributed by atoms with Crippen LogP contribution >= 0.6 is 11.6 Å².